The van der Waals surface area contributed by atoms with Crippen molar-refractivity contribution in [2.24, 2.45) is 0 Å². The highest BCUT2D eigenvalue weighted by atomic mass is 16.4. The van der Waals surface area contributed by atoms with Gasteiger partial charge in [0.1, 0.15) is 0 Å². The minimum absolute atomic E-state index is 0.0440. The highest BCUT2D eigenvalue weighted by Gasteiger charge is 2.32. The van der Waals surface area contributed by atoms with Crippen LogP contribution in [0.1, 0.15) is 52.9 Å². The van der Waals surface area contributed by atoms with Crippen molar-refractivity contribution >= 4 is 11.8 Å². The van der Waals surface area contributed by atoms with Crippen molar-refractivity contribution in [3.63, 3.8) is 0 Å². The highest BCUT2D eigenvalue weighted by molar-refractivity contribution is 6.07. The summed E-state index contributed by atoms with van der Waals surface area (Å²) in [5, 5.41) is 13.2. The fraction of sp³-hybridized carbons (Fsp3) is 0.500. The van der Waals surface area contributed by atoms with Gasteiger partial charge in [-0.1, -0.05) is 0 Å². The van der Waals surface area contributed by atoms with Crippen LogP contribution in [-0.4, -0.2) is 26.6 Å². The lowest BCUT2D eigenvalue weighted by atomic mass is 10.2. The Labute approximate surface area is 86.7 Å². The number of hydrogen-bond acceptors (Lipinski definition) is 3. The van der Waals surface area contributed by atoms with Gasteiger partial charge in [-0.2, -0.15) is 5.10 Å². The molecule has 0 saturated carbocycles. The van der Waals surface area contributed by atoms with E-state index < -0.39 is 5.97 Å². The van der Waals surface area contributed by atoms with Crippen LogP contribution >= 0.6 is 0 Å². The number of aryl methyl sites for hydroxylation is 1. The fourth-order valence-electron chi connectivity index (χ4n) is 1.88. The van der Waals surface area contributed by atoms with Gasteiger partial charge >= 0.3 is 5.97 Å². The summed E-state index contributed by atoms with van der Waals surface area (Å²) < 4.78 is 1.42. The van der Waals surface area contributed by atoms with Gasteiger partial charge in [0.25, 0.3) is 0 Å². The third-order valence-corrected chi connectivity index (χ3v) is 2.54. The number of fused-ring (bicyclic) bond motifs is 1. The van der Waals surface area contributed by atoms with Crippen molar-refractivity contribution < 1.29 is 14.7 Å². The molecule has 80 valence electrons. The molecule has 0 atom stereocenters. The number of ketones is 1. The third kappa shape index (κ3) is 1.35. The molecular formula is C10H12N2O3. The summed E-state index contributed by atoms with van der Waals surface area (Å²) in [6.07, 6.45) is 0.949. The summed E-state index contributed by atoms with van der Waals surface area (Å²) in [6, 6.07) is -0.0468. The lowest BCUT2D eigenvalue weighted by Gasteiger charge is -2.08. The standard InChI is InChI=1S/C10H12N2O3/c1-5(2)12-9(10(14)15)8-6(11-12)3-4-7(8)13/h5H,3-4H2,1-2H3,(H,14,15). The Morgan fingerprint density at radius 1 is 1.47 bits per heavy atom. The molecule has 15 heavy (non-hydrogen) atoms. The molecule has 1 N–H and O–H groups in total. The van der Waals surface area contributed by atoms with Crippen LogP contribution in [0.3, 0.4) is 0 Å². The fourth-order valence-corrected chi connectivity index (χ4v) is 1.88. The molecule has 0 aromatic carbocycles. The molecule has 0 spiro atoms. The van der Waals surface area contributed by atoms with Crippen LogP contribution in [0.5, 0.6) is 0 Å². The molecule has 0 radical (unpaired) electrons. The zero-order valence-electron chi connectivity index (χ0n) is 8.65. The molecule has 2 rings (SSSR count). The summed E-state index contributed by atoms with van der Waals surface area (Å²) in [4.78, 5) is 22.6. The van der Waals surface area contributed by atoms with Crippen molar-refractivity contribution in [2.75, 3.05) is 0 Å². The number of carbonyl (C=O) groups is 2. The number of hydrogen-bond donors (Lipinski definition) is 1. The van der Waals surface area contributed by atoms with Crippen LogP contribution < -0.4 is 0 Å². The molecule has 5 nitrogen and oxygen atoms in total. The van der Waals surface area contributed by atoms with Gasteiger partial charge < -0.3 is 5.11 Å². The van der Waals surface area contributed by atoms with E-state index in [1.54, 1.807) is 0 Å². The summed E-state index contributed by atoms with van der Waals surface area (Å²) in [5.41, 5.74) is 0.991. The first kappa shape index (κ1) is 9.89. The number of carboxylic acids is 1. The second kappa shape index (κ2) is 3.18. The van der Waals surface area contributed by atoms with E-state index in [0.717, 1.165) is 0 Å². The number of aromatic nitrogens is 2. The predicted molar refractivity (Wildman–Crippen MR) is 52.2 cm³/mol. The Hall–Kier alpha value is -1.65. The SMILES string of the molecule is CC(C)n1nc2c(c1C(=O)O)C(=O)CC2. The van der Waals surface area contributed by atoms with Gasteiger partial charge in [0.15, 0.2) is 11.5 Å². The van der Waals surface area contributed by atoms with Gasteiger partial charge in [-0.25, -0.2) is 4.79 Å². The molecular weight excluding hydrogens is 196 g/mol. The largest absolute Gasteiger partial charge is 0.477 e. The maximum absolute atomic E-state index is 11.5. The Kier molecular flexibility index (Phi) is 2.10. The molecule has 5 heteroatoms. The molecule has 1 aliphatic rings. The lowest BCUT2D eigenvalue weighted by Crippen LogP contribution is -2.15. The van der Waals surface area contributed by atoms with Crippen LogP contribution in [0.25, 0.3) is 0 Å². The van der Waals surface area contributed by atoms with Crippen molar-refractivity contribution in [3.8, 4) is 0 Å². The van der Waals surface area contributed by atoms with Crippen LogP contribution in [-0.2, 0) is 6.42 Å². The zero-order valence-corrected chi connectivity index (χ0v) is 8.65. The number of Topliss-reactive ketones (excluding diaryl/α,β-unsaturated/α-hetero) is 1. The Morgan fingerprint density at radius 3 is 2.67 bits per heavy atom. The summed E-state index contributed by atoms with van der Waals surface area (Å²) >= 11 is 0. The van der Waals surface area contributed by atoms with Gasteiger partial charge in [-0.05, 0) is 20.3 Å². The third-order valence-electron chi connectivity index (χ3n) is 2.54. The molecule has 1 aromatic heterocycles. The van der Waals surface area contributed by atoms with E-state index in [0.29, 0.717) is 24.1 Å². The average Bonchev–Trinajstić information content (AvgIpc) is 2.65. The van der Waals surface area contributed by atoms with Crippen molar-refractivity contribution in [2.45, 2.75) is 32.7 Å². The maximum Gasteiger partial charge on any atom is 0.354 e. The number of aromatic carboxylic acids is 1. The number of carbonyl (C=O) groups excluding carboxylic acids is 1. The van der Waals surface area contributed by atoms with Gasteiger partial charge in [0, 0.05) is 12.5 Å². The number of carboxylic acid groups (broad SMARTS) is 1. The van der Waals surface area contributed by atoms with Crippen LogP contribution in [0.2, 0.25) is 0 Å². The van der Waals surface area contributed by atoms with Crippen LogP contribution in [0, 0.1) is 0 Å². The summed E-state index contributed by atoms with van der Waals surface area (Å²) in [6.45, 7) is 3.69. The molecule has 0 bridgehead atoms. The van der Waals surface area contributed by atoms with Crippen LogP contribution in [0.15, 0.2) is 0 Å². The lowest BCUT2D eigenvalue weighted by molar-refractivity contribution is 0.0676. The highest BCUT2D eigenvalue weighted by Crippen LogP contribution is 2.26. The first-order valence-electron chi connectivity index (χ1n) is 4.90. The minimum atomic E-state index is -1.08. The van der Waals surface area contributed by atoms with E-state index in [4.69, 9.17) is 5.11 Å². The molecule has 0 aliphatic heterocycles. The minimum Gasteiger partial charge on any atom is -0.477 e. The van der Waals surface area contributed by atoms with Crippen molar-refractivity contribution in [1.82, 2.24) is 9.78 Å². The number of rotatable bonds is 2. The normalized spacial score (nSPS) is 14.7. The first-order chi connectivity index (χ1) is 7.02. The molecule has 1 aliphatic carbocycles. The van der Waals surface area contributed by atoms with Gasteiger partial charge in [-0.15, -0.1) is 0 Å². The Morgan fingerprint density at radius 2 is 2.13 bits per heavy atom. The van der Waals surface area contributed by atoms with Gasteiger partial charge in [0.05, 0.1) is 11.3 Å². The topological polar surface area (TPSA) is 72.2 Å². The van der Waals surface area contributed by atoms with Gasteiger partial charge in [-0.3, -0.25) is 9.48 Å². The van der Waals surface area contributed by atoms with Crippen LogP contribution in [0.4, 0.5) is 0 Å². The monoisotopic (exact) mass is 208 g/mol. The van der Waals surface area contributed by atoms with E-state index in [1.807, 2.05) is 13.8 Å². The van der Waals surface area contributed by atoms with Gasteiger partial charge in [0.2, 0.25) is 0 Å². The Bertz CT molecular complexity index is 446. The summed E-state index contributed by atoms with van der Waals surface area (Å²) in [5.74, 6) is -1.18. The molecule has 0 fully saturated rings. The van der Waals surface area contributed by atoms with E-state index >= 15 is 0 Å². The van der Waals surface area contributed by atoms with Crippen molar-refractivity contribution in [1.29, 1.82) is 0 Å². The van der Waals surface area contributed by atoms with E-state index in [2.05, 4.69) is 5.10 Å². The maximum atomic E-state index is 11.5. The smallest absolute Gasteiger partial charge is 0.354 e. The van der Waals surface area contributed by atoms with Crippen molar-refractivity contribution in [3.05, 3.63) is 17.0 Å². The molecule has 0 amide bonds. The predicted octanol–water partition coefficient (Wildman–Crippen LogP) is 1.29. The average molecular weight is 208 g/mol. The number of nitrogens with zero attached hydrogens (tertiary/aromatic N) is 2. The molecule has 1 aromatic rings. The van der Waals surface area contributed by atoms with E-state index in [-0.39, 0.29) is 17.5 Å². The molecule has 1 heterocycles. The second-order valence-electron chi connectivity index (χ2n) is 3.94. The summed E-state index contributed by atoms with van der Waals surface area (Å²) in [7, 11) is 0. The zero-order chi connectivity index (χ0) is 11.2. The Balaban J connectivity index is 2.66. The second-order valence-corrected chi connectivity index (χ2v) is 3.94. The first-order valence-corrected chi connectivity index (χ1v) is 4.90. The molecule has 0 unspecified atom stereocenters. The van der Waals surface area contributed by atoms with E-state index in [9.17, 15) is 9.59 Å². The molecule has 0 saturated heterocycles. The quantitative estimate of drug-likeness (QED) is 0.794. The van der Waals surface area contributed by atoms with E-state index in [1.165, 1.54) is 4.68 Å².